The highest BCUT2D eigenvalue weighted by Gasteiger charge is 2.29. The molecule has 0 saturated carbocycles. The summed E-state index contributed by atoms with van der Waals surface area (Å²) in [6.07, 6.45) is 0.750. The van der Waals surface area contributed by atoms with E-state index < -0.39 is 10.0 Å². The van der Waals surface area contributed by atoms with Gasteiger partial charge in [0.1, 0.15) is 0 Å². The van der Waals surface area contributed by atoms with E-state index in [4.69, 9.17) is 5.73 Å². The van der Waals surface area contributed by atoms with Crippen molar-refractivity contribution in [2.75, 3.05) is 13.1 Å². The van der Waals surface area contributed by atoms with Crippen LogP contribution in [0.5, 0.6) is 0 Å². The molecule has 0 aromatic heterocycles. The van der Waals surface area contributed by atoms with Gasteiger partial charge in [0.2, 0.25) is 10.0 Å². The van der Waals surface area contributed by atoms with Crippen molar-refractivity contribution >= 4 is 38.4 Å². The van der Waals surface area contributed by atoms with Crippen molar-refractivity contribution in [3.63, 3.8) is 0 Å². The van der Waals surface area contributed by atoms with Gasteiger partial charge in [0.25, 0.3) is 0 Å². The summed E-state index contributed by atoms with van der Waals surface area (Å²) >= 11 is 3.32. The predicted octanol–water partition coefficient (Wildman–Crippen LogP) is 1.73. The van der Waals surface area contributed by atoms with Gasteiger partial charge in [-0.3, -0.25) is 0 Å². The van der Waals surface area contributed by atoms with Gasteiger partial charge in [-0.2, -0.15) is 0 Å². The quantitative estimate of drug-likeness (QED) is 0.898. The molecule has 0 aliphatic carbocycles. The van der Waals surface area contributed by atoms with E-state index in [-0.39, 0.29) is 24.2 Å². The molecule has 0 radical (unpaired) electrons. The second-order valence-corrected chi connectivity index (χ2v) is 7.17. The normalized spacial score (nSPS) is 20.7. The number of halogens is 2. The fraction of sp³-hybridized carbons (Fsp3) is 0.455. The Balaban J connectivity index is 0.00000162. The lowest BCUT2D eigenvalue weighted by Crippen LogP contribution is -2.32. The van der Waals surface area contributed by atoms with Crippen molar-refractivity contribution in [1.29, 1.82) is 0 Å². The summed E-state index contributed by atoms with van der Waals surface area (Å²) in [7, 11) is -3.22. The van der Waals surface area contributed by atoms with Gasteiger partial charge >= 0.3 is 0 Å². The summed E-state index contributed by atoms with van der Waals surface area (Å²) < 4.78 is 26.6. The molecule has 1 fully saturated rings. The third kappa shape index (κ3) is 3.93. The Bertz CT molecular complexity index is 492. The topological polar surface area (TPSA) is 63.4 Å². The lowest BCUT2D eigenvalue weighted by atomic mass is 10.2. The maximum absolute atomic E-state index is 12.1. The largest absolute Gasteiger partial charge is 0.326 e. The van der Waals surface area contributed by atoms with Crippen molar-refractivity contribution in [3.8, 4) is 0 Å². The van der Waals surface area contributed by atoms with Gasteiger partial charge in [0.05, 0.1) is 5.75 Å². The van der Waals surface area contributed by atoms with Crippen molar-refractivity contribution < 1.29 is 8.42 Å². The second-order valence-electron chi connectivity index (χ2n) is 4.29. The molecule has 1 atom stereocenters. The summed E-state index contributed by atoms with van der Waals surface area (Å²) in [5.41, 5.74) is 6.52. The summed E-state index contributed by atoms with van der Waals surface area (Å²) in [5, 5.41) is 0. The van der Waals surface area contributed by atoms with Crippen LogP contribution in [0.25, 0.3) is 0 Å². The standard InChI is InChI=1S/C11H15BrN2O2S.ClH/c12-10-3-1-9(2-4-10)8-17(15,16)14-6-5-11(13)7-14;/h1-4,11H,5-8,13H2;1H/t11-;/m1./s1. The summed E-state index contributed by atoms with van der Waals surface area (Å²) in [6, 6.07) is 7.31. The first-order valence-corrected chi connectivity index (χ1v) is 7.85. The average molecular weight is 356 g/mol. The Labute approximate surface area is 122 Å². The smallest absolute Gasteiger partial charge is 0.218 e. The van der Waals surface area contributed by atoms with Gasteiger partial charge < -0.3 is 5.73 Å². The van der Waals surface area contributed by atoms with Gasteiger partial charge in [-0.25, -0.2) is 12.7 Å². The van der Waals surface area contributed by atoms with Crippen LogP contribution in [0.1, 0.15) is 12.0 Å². The molecule has 4 nitrogen and oxygen atoms in total. The van der Waals surface area contributed by atoms with Crippen molar-refractivity contribution in [3.05, 3.63) is 34.3 Å². The second kappa shape index (κ2) is 6.34. The SMILES string of the molecule is Cl.N[C@@H]1CCN(S(=O)(=O)Cc2ccc(Br)cc2)C1. The highest BCUT2D eigenvalue weighted by Crippen LogP contribution is 2.18. The maximum atomic E-state index is 12.1. The summed E-state index contributed by atoms with van der Waals surface area (Å²) in [4.78, 5) is 0. The zero-order valence-electron chi connectivity index (χ0n) is 9.75. The molecule has 1 aliphatic rings. The minimum atomic E-state index is -3.22. The Morgan fingerprint density at radius 3 is 2.44 bits per heavy atom. The molecule has 2 rings (SSSR count). The molecule has 0 spiro atoms. The molecule has 1 saturated heterocycles. The minimum Gasteiger partial charge on any atom is -0.326 e. The third-order valence-electron chi connectivity index (χ3n) is 2.84. The highest BCUT2D eigenvalue weighted by atomic mass is 79.9. The van der Waals surface area contributed by atoms with E-state index in [2.05, 4.69) is 15.9 Å². The number of nitrogens with two attached hydrogens (primary N) is 1. The van der Waals surface area contributed by atoms with E-state index in [9.17, 15) is 8.42 Å². The van der Waals surface area contributed by atoms with E-state index in [1.54, 1.807) is 0 Å². The molecule has 102 valence electrons. The van der Waals surface area contributed by atoms with Gasteiger partial charge in [-0.15, -0.1) is 12.4 Å². The van der Waals surface area contributed by atoms with Gasteiger partial charge in [0.15, 0.2) is 0 Å². The van der Waals surface area contributed by atoms with E-state index in [0.29, 0.717) is 13.1 Å². The van der Waals surface area contributed by atoms with Crippen LogP contribution in [0.4, 0.5) is 0 Å². The average Bonchev–Trinajstić information content (AvgIpc) is 2.69. The Hall–Kier alpha value is -0.140. The molecule has 0 amide bonds. The van der Waals surface area contributed by atoms with Gasteiger partial charge in [0, 0.05) is 23.6 Å². The third-order valence-corrected chi connectivity index (χ3v) is 5.19. The zero-order chi connectivity index (χ0) is 12.5. The first-order chi connectivity index (χ1) is 7.97. The Morgan fingerprint density at radius 2 is 1.94 bits per heavy atom. The molecule has 1 heterocycles. The first-order valence-electron chi connectivity index (χ1n) is 5.45. The van der Waals surface area contributed by atoms with E-state index >= 15 is 0 Å². The molecule has 2 N–H and O–H groups in total. The molecule has 0 bridgehead atoms. The van der Waals surface area contributed by atoms with Crippen LogP contribution in [0.3, 0.4) is 0 Å². The molecular formula is C11H16BrClN2O2S. The fourth-order valence-electron chi connectivity index (χ4n) is 1.89. The highest BCUT2D eigenvalue weighted by molar-refractivity contribution is 9.10. The van der Waals surface area contributed by atoms with Gasteiger partial charge in [-0.1, -0.05) is 28.1 Å². The van der Waals surface area contributed by atoms with E-state index in [1.807, 2.05) is 24.3 Å². The van der Waals surface area contributed by atoms with Crippen molar-refractivity contribution in [2.45, 2.75) is 18.2 Å². The molecular weight excluding hydrogens is 340 g/mol. The molecule has 1 aliphatic heterocycles. The monoisotopic (exact) mass is 354 g/mol. The van der Waals surface area contributed by atoms with Gasteiger partial charge in [-0.05, 0) is 24.1 Å². The molecule has 0 unspecified atom stereocenters. The van der Waals surface area contributed by atoms with E-state index in [1.165, 1.54) is 4.31 Å². The Kier molecular flexibility index (Phi) is 5.61. The summed E-state index contributed by atoms with van der Waals surface area (Å²) in [6.45, 7) is 0.985. The molecule has 1 aromatic carbocycles. The van der Waals surface area contributed by atoms with Crippen LogP contribution in [-0.4, -0.2) is 31.9 Å². The lowest BCUT2D eigenvalue weighted by molar-refractivity contribution is 0.471. The number of rotatable bonds is 3. The van der Waals surface area contributed by atoms with Crippen molar-refractivity contribution in [1.82, 2.24) is 4.31 Å². The van der Waals surface area contributed by atoms with Crippen LogP contribution < -0.4 is 5.73 Å². The fourth-order valence-corrected chi connectivity index (χ4v) is 3.75. The van der Waals surface area contributed by atoms with Crippen LogP contribution in [0.2, 0.25) is 0 Å². The lowest BCUT2D eigenvalue weighted by Gasteiger charge is -2.15. The Morgan fingerprint density at radius 1 is 1.33 bits per heavy atom. The molecule has 18 heavy (non-hydrogen) atoms. The minimum absolute atomic E-state index is 0. The first kappa shape index (κ1) is 15.9. The maximum Gasteiger partial charge on any atom is 0.218 e. The van der Waals surface area contributed by atoms with Crippen LogP contribution in [0.15, 0.2) is 28.7 Å². The molecule has 7 heteroatoms. The summed E-state index contributed by atoms with van der Waals surface area (Å²) in [5.74, 6) is 0.0486. The van der Waals surface area contributed by atoms with Crippen LogP contribution >= 0.6 is 28.3 Å². The van der Waals surface area contributed by atoms with Crippen molar-refractivity contribution in [2.24, 2.45) is 5.73 Å². The number of benzene rings is 1. The number of hydrogen-bond donors (Lipinski definition) is 1. The number of nitrogens with zero attached hydrogens (tertiary/aromatic N) is 1. The number of sulfonamides is 1. The number of hydrogen-bond acceptors (Lipinski definition) is 3. The zero-order valence-corrected chi connectivity index (χ0v) is 13.0. The van der Waals surface area contributed by atoms with E-state index in [0.717, 1.165) is 16.5 Å². The van der Waals surface area contributed by atoms with Crippen LogP contribution in [0, 0.1) is 0 Å². The molecule has 1 aromatic rings. The predicted molar refractivity (Wildman–Crippen MR) is 78.2 cm³/mol. The van der Waals surface area contributed by atoms with Crippen LogP contribution in [-0.2, 0) is 15.8 Å².